The number of aliphatic hydroxyl groups excluding tert-OH is 1. The van der Waals surface area contributed by atoms with E-state index in [2.05, 4.69) is 0 Å². The first-order valence-electron chi connectivity index (χ1n) is 7.27. The first kappa shape index (κ1) is 16.9. The molecule has 2 rings (SSSR count). The maximum atomic E-state index is 11.8. The van der Waals surface area contributed by atoms with Crippen molar-refractivity contribution in [2.75, 3.05) is 13.2 Å². The van der Waals surface area contributed by atoms with Crippen LogP contribution in [0.25, 0.3) is 0 Å². The minimum atomic E-state index is -1.24. The van der Waals surface area contributed by atoms with Crippen LogP contribution in [0.1, 0.15) is 30.6 Å². The fourth-order valence-electron chi connectivity index (χ4n) is 2.31. The molecule has 1 saturated heterocycles. The van der Waals surface area contributed by atoms with E-state index in [-0.39, 0.29) is 12.7 Å². The smallest absolute Gasteiger partial charge is 0.338 e. The highest BCUT2D eigenvalue weighted by Crippen LogP contribution is 2.23. The van der Waals surface area contributed by atoms with Gasteiger partial charge in [0.15, 0.2) is 5.79 Å². The van der Waals surface area contributed by atoms with Gasteiger partial charge in [-0.15, -0.1) is 0 Å². The summed E-state index contributed by atoms with van der Waals surface area (Å²) < 4.78 is 15.9. The molecule has 3 atom stereocenters. The van der Waals surface area contributed by atoms with E-state index in [1.54, 1.807) is 44.2 Å². The van der Waals surface area contributed by atoms with Gasteiger partial charge in [-0.1, -0.05) is 18.2 Å². The van der Waals surface area contributed by atoms with Gasteiger partial charge >= 0.3 is 5.97 Å². The molecule has 6 heteroatoms. The number of carbonyl (C=O) groups excluding carboxylic acids is 1. The summed E-state index contributed by atoms with van der Waals surface area (Å²) in [6.45, 7) is 3.22. The van der Waals surface area contributed by atoms with Gasteiger partial charge in [0.1, 0.15) is 12.7 Å². The number of ether oxygens (including phenoxy) is 3. The van der Waals surface area contributed by atoms with Crippen molar-refractivity contribution >= 4 is 5.97 Å². The Balaban J connectivity index is 1.76. The van der Waals surface area contributed by atoms with E-state index >= 15 is 0 Å². The Kier molecular flexibility index (Phi) is 5.52. The van der Waals surface area contributed by atoms with Crippen LogP contribution in [0.2, 0.25) is 0 Å². The second-order valence-electron chi connectivity index (χ2n) is 5.83. The Labute approximate surface area is 129 Å². The average molecular weight is 310 g/mol. The topological polar surface area (TPSA) is 85.2 Å². The highest BCUT2D eigenvalue weighted by atomic mass is 16.6. The minimum Gasteiger partial charge on any atom is -0.459 e. The van der Waals surface area contributed by atoms with Crippen molar-refractivity contribution in [3.8, 4) is 0 Å². The molecule has 122 valence electrons. The number of carbonyl (C=O) groups is 1. The Bertz CT molecular complexity index is 481. The molecule has 1 aliphatic rings. The number of hydrogen-bond donors (Lipinski definition) is 2. The zero-order chi connectivity index (χ0) is 16.2. The van der Waals surface area contributed by atoms with Gasteiger partial charge in [0.25, 0.3) is 0 Å². The van der Waals surface area contributed by atoms with E-state index in [1.165, 1.54) is 0 Å². The zero-order valence-corrected chi connectivity index (χ0v) is 12.8. The fraction of sp³-hybridized carbons (Fsp3) is 0.562. The molecule has 0 saturated carbocycles. The minimum absolute atomic E-state index is 0.145. The molecule has 0 bridgehead atoms. The van der Waals surface area contributed by atoms with E-state index in [1.807, 2.05) is 0 Å². The Hall–Kier alpha value is -1.47. The molecule has 0 spiro atoms. The molecule has 0 radical (unpaired) electrons. The number of rotatable bonds is 6. The van der Waals surface area contributed by atoms with Crippen LogP contribution in [0.15, 0.2) is 30.3 Å². The van der Waals surface area contributed by atoms with Crippen LogP contribution in [-0.2, 0) is 14.2 Å². The summed E-state index contributed by atoms with van der Waals surface area (Å²) in [5.74, 6) is -1.73. The molecule has 0 aliphatic carbocycles. The lowest BCUT2D eigenvalue weighted by molar-refractivity contribution is -0.204. The highest BCUT2D eigenvalue weighted by Gasteiger charge is 2.34. The number of esters is 1. The van der Waals surface area contributed by atoms with E-state index in [9.17, 15) is 15.0 Å². The summed E-state index contributed by atoms with van der Waals surface area (Å²) in [6, 6.07) is 8.58. The fourth-order valence-corrected chi connectivity index (χ4v) is 2.31. The van der Waals surface area contributed by atoms with Gasteiger partial charge in [0.05, 0.1) is 24.4 Å². The van der Waals surface area contributed by atoms with Gasteiger partial charge in [-0.05, 0) is 26.0 Å². The largest absolute Gasteiger partial charge is 0.459 e. The third kappa shape index (κ3) is 5.06. The predicted octanol–water partition coefficient (Wildman–Crippen LogP) is 1.11. The monoisotopic (exact) mass is 310 g/mol. The summed E-state index contributed by atoms with van der Waals surface area (Å²) in [7, 11) is 0. The highest BCUT2D eigenvalue weighted by molar-refractivity contribution is 5.89. The van der Waals surface area contributed by atoms with Crippen molar-refractivity contribution in [2.45, 2.75) is 44.4 Å². The third-order valence-electron chi connectivity index (χ3n) is 3.27. The summed E-state index contributed by atoms with van der Waals surface area (Å²) in [5.41, 5.74) is 0.435. The molecule has 1 fully saturated rings. The Morgan fingerprint density at radius 2 is 2.09 bits per heavy atom. The first-order valence-corrected chi connectivity index (χ1v) is 7.27. The standard InChI is InChI=1S/C16H22O6/c1-16(2,19)22-12-8-14(20-9-12)13(17)10-21-15(18)11-6-4-3-5-7-11/h3-7,12-14,17,19H,8-10H2,1-2H3/t12-,13-,14+/m1/s1. The second-order valence-corrected chi connectivity index (χ2v) is 5.83. The van der Waals surface area contributed by atoms with Crippen LogP contribution in [0, 0.1) is 0 Å². The van der Waals surface area contributed by atoms with Gasteiger partial charge in [0.2, 0.25) is 0 Å². The molecule has 1 aromatic rings. The molecule has 0 unspecified atom stereocenters. The molecule has 0 aromatic heterocycles. The van der Waals surface area contributed by atoms with E-state index in [0.717, 1.165) is 0 Å². The number of aliphatic hydroxyl groups is 2. The molecule has 1 aliphatic heterocycles. The van der Waals surface area contributed by atoms with Crippen LogP contribution < -0.4 is 0 Å². The molecular weight excluding hydrogens is 288 g/mol. The molecule has 22 heavy (non-hydrogen) atoms. The predicted molar refractivity (Wildman–Crippen MR) is 78.3 cm³/mol. The Morgan fingerprint density at radius 3 is 2.73 bits per heavy atom. The van der Waals surface area contributed by atoms with Crippen molar-refractivity contribution in [3.63, 3.8) is 0 Å². The lowest BCUT2D eigenvalue weighted by Gasteiger charge is -2.22. The van der Waals surface area contributed by atoms with Crippen molar-refractivity contribution in [2.24, 2.45) is 0 Å². The molecule has 2 N–H and O–H groups in total. The molecule has 6 nitrogen and oxygen atoms in total. The summed E-state index contributed by atoms with van der Waals surface area (Å²) >= 11 is 0. The van der Waals surface area contributed by atoms with Crippen molar-refractivity contribution in [3.05, 3.63) is 35.9 Å². The zero-order valence-electron chi connectivity index (χ0n) is 12.8. The van der Waals surface area contributed by atoms with Crippen molar-refractivity contribution in [1.82, 2.24) is 0 Å². The lowest BCUT2D eigenvalue weighted by atomic mass is 10.1. The van der Waals surface area contributed by atoms with Gasteiger partial charge in [0, 0.05) is 6.42 Å². The van der Waals surface area contributed by atoms with Gasteiger partial charge in [-0.25, -0.2) is 4.79 Å². The number of hydrogen-bond acceptors (Lipinski definition) is 6. The lowest BCUT2D eigenvalue weighted by Crippen LogP contribution is -2.33. The normalized spacial score (nSPS) is 23.3. The van der Waals surface area contributed by atoms with Crippen LogP contribution in [0.5, 0.6) is 0 Å². The SMILES string of the molecule is CC(C)(O)O[C@H]1CO[C@H]([C@H](O)COC(=O)c2ccccc2)C1. The van der Waals surface area contributed by atoms with Crippen LogP contribution in [0.3, 0.4) is 0 Å². The van der Waals surface area contributed by atoms with Crippen LogP contribution in [-0.4, -0.2) is 53.5 Å². The maximum Gasteiger partial charge on any atom is 0.338 e. The second kappa shape index (κ2) is 7.19. The van der Waals surface area contributed by atoms with Crippen molar-refractivity contribution in [1.29, 1.82) is 0 Å². The third-order valence-corrected chi connectivity index (χ3v) is 3.27. The van der Waals surface area contributed by atoms with Gasteiger partial charge in [-0.3, -0.25) is 0 Å². The van der Waals surface area contributed by atoms with E-state index < -0.39 is 24.0 Å². The molecule has 0 amide bonds. The molecule has 1 heterocycles. The first-order chi connectivity index (χ1) is 10.3. The van der Waals surface area contributed by atoms with Crippen molar-refractivity contribution < 1.29 is 29.2 Å². The van der Waals surface area contributed by atoms with E-state index in [4.69, 9.17) is 14.2 Å². The van der Waals surface area contributed by atoms with Gasteiger partial charge in [-0.2, -0.15) is 0 Å². The maximum absolute atomic E-state index is 11.8. The number of benzene rings is 1. The van der Waals surface area contributed by atoms with E-state index in [0.29, 0.717) is 18.6 Å². The van der Waals surface area contributed by atoms with Crippen LogP contribution in [0.4, 0.5) is 0 Å². The Morgan fingerprint density at radius 1 is 1.41 bits per heavy atom. The molecule has 1 aromatic carbocycles. The summed E-state index contributed by atoms with van der Waals surface area (Å²) in [5, 5.41) is 19.6. The summed E-state index contributed by atoms with van der Waals surface area (Å²) in [6.07, 6.45) is -1.25. The van der Waals surface area contributed by atoms with Gasteiger partial charge < -0.3 is 24.4 Å². The summed E-state index contributed by atoms with van der Waals surface area (Å²) in [4.78, 5) is 11.8. The van der Waals surface area contributed by atoms with Crippen LogP contribution >= 0.6 is 0 Å². The average Bonchev–Trinajstić information content (AvgIpc) is 2.91. The quantitative estimate of drug-likeness (QED) is 0.605. The molecular formula is C16H22O6.